The van der Waals surface area contributed by atoms with Gasteiger partial charge in [-0.2, -0.15) is 0 Å². The fourth-order valence-electron chi connectivity index (χ4n) is 4.30. The van der Waals surface area contributed by atoms with E-state index in [9.17, 15) is 8.42 Å². The summed E-state index contributed by atoms with van der Waals surface area (Å²) in [6, 6.07) is 10.8. The maximum absolute atomic E-state index is 12.8. The Morgan fingerprint density at radius 3 is 2.45 bits per heavy atom. The zero-order valence-electron chi connectivity index (χ0n) is 16.5. The highest BCUT2D eigenvalue weighted by atomic mass is 35.5. The summed E-state index contributed by atoms with van der Waals surface area (Å²) in [5.74, 6) is 0.321. The van der Waals surface area contributed by atoms with Crippen molar-refractivity contribution in [2.45, 2.75) is 49.6 Å². The molecule has 0 saturated heterocycles. The number of nitrogens with one attached hydrogen (secondary N) is 2. The van der Waals surface area contributed by atoms with Gasteiger partial charge in [-0.3, -0.25) is 0 Å². The van der Waals surface area contributed by atoms with E-state index in [-0.39, 0.29) is 22.8 Å². The van der Waals surface area contributed by atoms with Crippen molar-refractivity contribution in [2.75, 3.05) is 5.32 Å². The van der Waals surface area contributed by atoms with Crippen LogP contribution in [0.15, 0.2) is 53.4 Å². The van der Waals surface area contributed by atoms with E-state index >= 15 is 0 Å². The van der Waals surface area contributed by atoms with Crippen molar-refractivity contribution in [3.8, 4) is 0 Å². The number of hydrogen-bond acceptors (Lipinski definition) is 3. The number of allylic oxidation sites excluding steroid dienone is 2. The van der Waals surface area contributed by atoms with E-state index in [0.29, 0.717) is 10.0 Å². The van der Waals surface area contributed by atoms with Gasteiger partial charge < -0.3 is 5.32 Å². The summed E-state index contributed by atoms with van der Waals surface area (Å²) in [6.07, 6.45) is 5.19. The number of sulfonamides is 1. The van der Waals surface area contributed by atoms with E-state index in [1.165, 1.54) is 0 Å². The van der Waals surface area contributed by atoms with Crippen molar-refractivity contribution in [3.63, 3.8) is 0 Å². The first-order chi connectivity index (χ1) is 13.6. The third-order valence-corrected chi connectivity index (χ3v) is 7.81. The third kappa shape index (κ3) is 3.93. The SMILES string of the molecule is CC(C)(C)NS(=O)(=O)c1ccc2c(c1)C1C=CCC1C(c1c(Cl)cccc1Cl)N2. The molecule has 0 amide bonds. The molecule has 0 fully saturated rings. The minimum Gasteiger partial charge on any atom is -0.378 e. The number of halogens is 2. The molecular weight excluding hydrogens is 427 g/mol. The van der Waals surface area contributed by atoms with Crippen LogP contribution >= 0.6 is 23.2 Å². The average molecular weight is 451 g/mol. The molecule has 2 aromatic carbocycles. The minimum atomic E-state index is -3.60. The molecule has 1 aliphatic carbocycles. The summed E-state index contributed by atoms with van der Waals surface area (Å²) >= 11 is 13.0. The van der Waals surface area contributed by atoms with Gasteiger partial charge in [-0.15, -0.1) is 0 Å². The zero-order chi connectivity index (χ0) is 21.0. The average Bonchev–Trinajstić information content (AvgIpc) is 3.09. The fourth-order valence-corrected chi connectivity index (χ4v) is 6.38. The molecule has 3 unspecified atom stereocenters. The second-order valence-corrected chi connectivity index (χ2v) is 11.2. The zero-order valence-corrected chi connectivity index (χ0v) is 18.9. The van der Waals surface area contributed by atoms with E-state index < -0.39 is 15.6 Å². The van der Waals surface area contributed by atoms with Crippen molar-refractivity contribution in [3.05, 3.63) is 69.7 Å². The van der Waals surface area contributed by atoms with Crippen molar-refractivity contribution in [1.82, 2.24) is 4.72 Å². The molecule has 7 heteroatoms. The van der Waals surface area contributed by atoms with Gasteiger partial charge in [0.25, 0.3) is 0 Å². The standard InChI is InChI=1S/C22H24Cl2N2O2S/c1-22(2,3)26-29(27,28)13-10-11-19-16(12-13)14-6-4-7-15(14)21(25-19)20-17(23)8-5-9-18(20)24/h4-6,8-12,14-15,21,25-26H,7H2,1-3H3. The first kappa shape index (κ1) is 20.7. The normalized spacial score (nSPS) is 23.4. The highest BCUT2D eigenvalue weighted by Crippen LogP contribution is 2.52. The minimum absolute atomic E-state index is 0.0427. The number of rotatable bonds is 3. The number of benzene rings is 2. The maximum Gasteiger partial charge on any atom is 0.241 e. The van der Waals surface area contributed by atoms with Crippen LogP contribution in [0.25, 0.3) is 0 Å². The monoisotopic (exact) mass is 450 g/mol. The summed E-state index contributed by atoms with van der Waals surface area (Å²) < 4.78 is 28.4. The molecule has 0 radical (unpaired) electrons. The number of hydrogen-bond donors (Lipinski definition) is 2. The smallest absolute Gasteiger partial charge is 0.241 e. The lowest BCUT2D eigenvalue weighted by Crippen LogP contribution is -2.40. The van der Waals surface area contributed by atoms with Crippen LogP contribution in [0.2, 0.25) is 10.0 Å². The molecule has 4 rings (SSSR count). The van der Waals surface area contributed by atoms with E-state index in [4.69, 9.17) is 23.2 Å². The summed E-state index contributed by atoms with van der Waals surface area (Å²) in [7, 11) is -3.60. The third-order valence-electron chi connectivity index (χ3n) is 5.40. The Balaban J connectivity index is 1.77. The molecule has 0 spiro atoms. The first-order valence-electron chi connectivity index (χ1n) is 9.62. The van der Waals surface area contributed by atoms with E-state index in [1.54, 1.807) is 12.1 Å². The van der Waals surface area contributed by atoms with Gasteiger partial charge in [-0.25, -0.2) is 13.1 Å². The lowest BCUT2D eigenvalue weighted by Gasteiger charge is -2.38. The van der Waals surface area contributed by atoms with Crippen molar-refractivity contribution in [2.24, 2.45) is 5.92 Å². The molecule has 2 N–H and O–H groups in total. The van der Waals surface area contributed by atoms with Gasteiger partial charge in [0.2, 0.25) is 10.0 Å². The summed E-state index contributed by atoms with van der Waals surface area (Å²) in [5.41, 5.74) is 2.24. The first-order valence-corrected chi connectivity index (χ1v) is 11.9. The maximum atomic E-state index is 12.8. The molecule has 1 aliphatic heterocycles. The predicted octanol–water partition coefficient (Wildman–Crippen LogP) is 5.90. The van der Waals surface area contributed by atoms with Crippen molar-refractivity contribution >= 4 is 38.9 Å². The quantitative estimate of drug-likeness (QED) is 0.572. The molecule has 2 aliphatic rings. The van der Waals surface area contributed by atoms with Crippen LogP contribution in [0.5, 0.6) is 0 Å². The summed E-state index contributed by atoms with van der Waals surface area (Å²) in [4.78, 5) is 0.279. The van der Waals surface area contributed by atoms with Crippen LogP contribution in [0.4, 0.5) is 5.69 Å². The lowest BCUT2D eigenvalue weighted by molar-refractivity contribution is 0.425. The molecule has 29 heavy (non-hydrogen) atoms. The van der Waals surface area contributed by atoms with Crippen LogP contribution in [-0.4, -0.2) is 14.0 Å². The predicted molar refractivity (Wildman–Crippen MR) is 119 cm³/mol. The molecule has 4 nitrogen and oxygen atoms in total. The van der Waals surface area contributed by atoms with Gasteiger partial charge in [0.05, 0.1) is 10.9 Å². The molecule has 3 atom stereocenters. The van der Waals surface area contributed by atoms with Gasteiger partial charge >= 0.3 is 0 Å². The van der Waals surface area contributed by atoms with Crippen LogP contribution < -0.4 is 10.0 Å². The van der Waals surface area contributed by atoms with Gasteiger partial charge in [-0.05, 0) is 69.0 Å². The molecule has 0 aromatic heterocycles. The second kappa shape index (κ2) is 7.31. The topological polar surface area (TPSA) is 58.2 Å². The molecular formula is C22H24Cl2N2O2S. The van der Waals surface area contributed by atoms with Crippen LogP contribution in [0, 0.1) is 5.92 Å². The van der Waals surface area contributed by atoms with E-state index in [1.807, 2.05) is 45.0 Å². The Morgan fingerprint density at radius 2 is 1.79 bits per heavy atom. The summed E-state index contributed by atoms with van der Waals surface area (Å²) in [5, 5.41) is 4.84. The highest BCUT2D eigenvalue weighted by Gasteiger charge is 2.40. The summed E-state index contributed by atoms with van der Waals surface area (Å²) in [6.45, 7) is 5.49. The van der Waals surface area contributed by atoms with Crippen LogP contribution in [0.3, 0.4) is 0 Å². The molecule has 154 valence electrons. The van der Waals surface area contributed by atoms with Gasteiger partial charge in [0.15, 0.2) is 0 Å². The Kier molecular flexibility index (Phi) is 5.23. The van der Waals surface area contributed by atoms with Gasteiger partial charge in [-0.1, -0.05) is 41.4 Å². The van der Waals surface area contributed by atoms with Crippen LogP contribution in [0.1, 0.15) is 50.3 Å². The van der Waals surface area contributed by atoms with Crippen molar-refractivity contribution in [1.29, 1.82) is 0 Å². The number of fused-ring (bicyclic) bond motifs is 3. The Hall–Kier alpha value is -1.53. The largest absolute Gasteiger partial charge is 0.378 e. The molecule has 1 heterocycles. The van der Waals surface area contributed by atoms with Gasteiger partial charge in [0, 0.05) is 32.8 Å². The fraction of sp³-hybridized carbons (Fsp3) is 0.364. The van der Waals surface area contributed by atoms with Gasteiger partial charge in [0.1, 0.15) is 0 Å². The van der Waals surface area contributed by atoms with Crippen LogP contribution in [-0.2, 0) is 10.0 Å². The highest BCUT2D eigenvalue weighted by molar-refractivity contribution is 7.89. The Morgan fingerprint density at radius 1 is 1.10 bits per heavy atom. The van der Waals surface area contributed by atoms with E-state index in [0.717, 1.165) is 23.2 Å². The second-order valence-electron chi connectivity index (χ2n) is 8.72. The van der Waals surface area contributed by atoms with E-state index in [2.05, 4.69) is 22.2 Å². The molecule has 0 saturated carbocycles. The lowest BCUT2D eigenvalue weighted by atomic mass is 9.77. The van der Waals surface area contributed by atoms with Crippen molar-refractivity contribution < 1.29 is 8.42 Å². The molecule has 2 aromatic rings. The Bertz CT molecular complexity index is 1070. The molecule has 0 bridgehead atoms. The number of anilines is 1. The Labute approximate surface area is 182 Å².